The van der Waals surface area contributed by atoms with Gasteiger partial charge in [-0.1, -0.05) is 11.3 Å². The van der Waals surface area contributed by atoms with Gasteiger partial charge < -0.3 is 9.80 Å². The molecule has 7 heteroatoms. The molecule has 3 rings (SSSR count). The van der Waals surface area contributed by atoms with Gasteiger partial charge in [-0.25, -0.2) is 0 Å². The minimum atomic E-state index is -0.0175. The van der Waals surface area contributed by atoms with E-state index in [2.05, 4.69) is 22.1 Å². The Kier molecular flexibility index (Phi) is 3.73. The Bertz CT molecular complexity index is 480. The Morgan fingerprint density at radius 2 is 2.21 bits per heavy atom. The number of rotatable bonds is 1. The predicted octanol–water partition coefficient (Wildman–Crippen LogP) is 1.75. The average molecular weight is 301 g/mol. The van der Waals surface area contributed by atoms with Gasteiger partial charge in [-0.3, -0.25) is 4.79 Å². The lowest BCUT2D eigenvalue weighted by Gasteiger charge is -2.45. The second-order valence-corrected chi connectivity index (χ2v) is 6.91. The number of likely N-dealkylation sites (tertiary alicyclic amines) is 2. The zero-order valence-electron chi connectivity index (χ0n) is 10.9. The fourth-order valence-corrected chi connectivity index (χ4v) is 4.06. The van der Waals surface area contributed by atoms with E-state index in [1.807, 2.05) is 4.90 Å². The van der Waals surface area contributed by atoms with E-state index in [0.717, 1.165) is 30.8 Å². The van der Waals surface area contributed by atoms with Crippen LogP contribution in [0.15, 0.2) is 0 Å². The molecular formula is C12H17ClN4OS. The van der Waals surface area contributed by atoms with Crippen molar-refractivity contribution < 1.29 is 4.79 Å². The minimum absolute atomic E-state index is 0.0175. The van der Waals surface area contributed by atoms with Crippen molar-refractivity contribution in [3.63, 3.8) is 0 Å². The monoisotopic (exact) mass is 300 g/mol. The van der Waals surface area contributed by atoms with E-state index in [9.17, 15) is 4.79 Å². The summed E-state index contributed by atoms with van der Waals surface area (Å²) in [5, 5.41) is 7.96. The molecule has 19 heavy (non-hydrogen) atoms. The fourth-order valence-electron chi connectivity index (χ4n) is 3.26. The van der Waals surface area contributed by atoms with Crippen LogP contribution in [0, 0.1) is 5.92 Å². The van der Waals surface area contributed by atoms with Crippen molar-refractivity contribution in [2.24, 2.45) is 5.92 Å². The largest absolute Gasteiger partial charge is 0.336 e. The molecule has 2 aliphatic heterocycles. The molecule has 2 saturated heterocycles. The molecule has 2 aliphatic rings. The highest BCUT2D eigenvalue weighted by atomic mass is 35.5. The third-order valence-electron chi connectivity index (χ3n) is 4.22. The van der Waals surface area contributed by atoms with Crippen molar-refractivity contribution in [2.45, 2.75) is 25.3 Å². The number of hydrogen-bond donors (Lipinski definition) is 0. The molecule has 5 nitrogen and oxygen atoms in total. The summed E-state index contributed by atoms with van der Waals surface area (Å²) >= 11 is 6.90. The number of carbonyl (C=O) groups excluding carboxylic acids is 1. The third-order valence-corrected chi connectivity index (χ3v) is 5.22. The molecule has 0 saturated carbocycles. The number of amides is 1. The van der Waals surface area contributed by atoms with Crippen molar-refractivity contribution in [1.82, 2.24) is 20.0 Å². The van der Waals surface area contributed by atoms with Gasteiger partial charge in [0.25, 0.3) is 5.91 Å². The number of aromatic nitrogens is 2. The van der Waals surface area contributed by atoms with Gasteiger partial charge >= 0.3 is 0 Å². The Balaban J connectivity index is 1.69. The Hall–Kier alpha value is -0.720. The SMILES string of the molecule is CN1CCCC2CN(C(=O)c3nnc(Cl)s3)CCC21. The maximum Gasteiger partial charge on any atom is 0.284 e. The summed E-state index contributed by atoms with van der Waals surface area (Å²) in [5.41, 5.74) is 0. The second kappa shape index (κ2) is 5.34. The molecule has 3 heterocycles. The van der Waals surface area contributed by atoms with Crippen molar-refractivity contribution in [3.05, 3.63) is 9.47 Å². The van der Waals surface area contributed by atoms with Gasteiger partial charge in [0.2, 0.25) is 9.47 Å². The lowest BCUT2D eigenvalue weighted by Crippen LogP contribution is -2.53. The van der Waals surface area contributed by atoms with Crippen LogP contribution in [0.1, 0.15) is 29.1 Å². The van der Waals surface area contributed by atoms with Gasteiger partial charge in [-0.15, -0.1) is 10.2 Å². The summed E-state index contributed by atoms with van der Waals surface area (Å²) in [6.45, 7) is 2.83. The number of halogens is 1. The first-order valence-electron chi connectivity index (χ1n) is 6.63. The van der Waals surface area contributed by atoms with E-state index >= 15 is 0 Å². The Morgan fingerprint density at radius 1 is 1.37 bits per heavy atom. The standard InChI is InChI=1S/C12H17ClN4OS/c1-16-5-2-3-8-7-17(6-4-9(8)16)11(18)10-14-15-12(13)19-10/h8-9H,2-7H2,1H3. The molecule has 2 fully saturated rings. The van der Waals surface area contributed by atoms with Crippen LogP contribution in [0.25, 0.3) is 0 Å². The van der Waals surface area contributed by atoms with E-state index in [1.54, 1.807) is 0 Å². The maximum atomic E-state index is 12.3. The molecule has 1 aromatic heterocycles. The van der Waals surface area contributed by atoms with Crippen LogP contribution in [-0.4, -0.2) is 58.6 Å². The van der Waals surface area contributed by atoms with Gasteiger partial charge in [-0.2, -0.15) is 0 Å². The molecule has 104 valence electrons. The Labute approximate surface area is 121 Å². The predicted molar refractivity (Wildman–Crippen MR) is 74.6 cm³/mol. The minimum Gasteiger partial charge on any atom is -0.336 e. The van der Waals surface area contributed by atoms with Crippen molar-refractivity contribution in [3.8, 4) is 0 Å². The molecular weight excluding hydrogens is 284 g/mol. The number of hydrogen-bond acceptors (Lipinski definition) is 5. The zero-order chi connectivity index (χ0) is 13.4. The number of carbonyl (C=O) groups is 1. The Morgan fingerprint density at radius 3 is 2.95 bits per heavy atom. The van der Waals surface area contributed by atoms with E-state index in [-0.39, 0.29) is 5.91 Å². The van der Waals surface area contributed by atoms with Crippen molar-refractivity contribution >= 4 is 28.8 Å². The second-order valence-electron chi connectivity index (χ2n) is 5.35. The highest BCUT2D eigenvalue weighted by molar-refractivity contribution is 7.17. The first-order chi connectivity index (χ1) is 9.15. The quantitative estimate of drug-likeness (QED) is 0.793. The molecule has 2 unspecified atom stereocenters. The molecule has 0 radical (unpaired) electrons. The topological polar surface area (TPSA) is 49.3 Å². The van der Waals surface area contributed by atoms with Gasteiger partial charge in [0.1, 0.15) is 0 Å². The molecule has 0 N–H and O–H groups in total. The average Bonchev–Trinajstić information content (AvgIpc) is 2.84. The molecule has 1 aromatic rings. The summed E-state index contributed by atoms with van der Waals surface area (Å²) in [6.07, 6.45) is 3.50. The van der Waals surface area contributed by atoms with E-state index in [1.165, 1.54) is 19.4 Å². The third kappa shape index (κ3) is 2.61. The lowest BCUT2D eigenvalue weighted by molar-refractivity contribution is 0.0316. The summed E-state index contributed by atoms with van der Waals surface area (Å²) in [6, 6.07) is 0.635. The summed E-state index contributed by atoms with van der Waals surface area (Å²) in [5.74, 6) is 0.580. The van der Waals surface area contributed by atoms with E-state index in [4.69, 9.17) is 11.6 Å². The van der Waals surface area contributed by atoms with Gasteiger partial charge in [0, 0.05) is 19.1 Å². The summed E-state index contributed by atoms with van der Waals surface area (Å²) < 4.78 is 0.329. The normalized spacial score (nSPS) is 28.2. The molecule has 0 aliphatic carbocycles. The number of fused-ring (bicyclic) bond motifs is 1. The van der Waals surface area contributed by atoms with Gasteiger partial charge in [0.15, 0.2) is 0 Å². The van der Waals surface area contributed by atoms with Crippen molar-refractivity contribution in [2.75, 3.05) is 26.7 Å². The summed E-state index contributed by atoms with van der Waals surface area (Å²) in [7, 11) is 2.19. The van der Waals surface area contributed by atoms with Crippen LogP contribution in [0.3, 0.4) is 0 Å². The molecule has 0 aromatic carbocycles. The molecule has 2 atom stereocenters. The van der Waals surface area contributed by atoms with Crippen LogP contribution >= 0.6 is 22.9 Å². The highest BCUT2D eigenvalue weighted by Crippen LogP contribution is 2.30. The van der Waals surface area contributed by atoms with Crippen LogP contribution in [0.5, 0.6) is 0 Å². The van der Waals surface area contributed by atoms with Crippen LogP contribution in [0.4, 0.5) is 0 Å². The summed E-state index contributed by atoms with van der Waals surface area (Å²) in [4.78, 5) is 16.7. The molecule has 1 amide bonds. The zero-order valence-corrected chi connectivity index (χ0v) is 12.5. The number of piperidine rings is 2. The van der Waals surface area contributed by atoms with Crippen LogP contribution in [-0.2, 0) is 0 Å². The van der Waals surface area contributed by atoms with Gasteiger partial charge in [0.05, 0.1) is 0 Å². The molecule has 0 bridgehead atoms. The lowest BCUT2D eigenvalue weighted by atomic mass is 9.84. The van der Waals surface area contributed by atoms with E-state index in [0.29, 0.717) is 21.4 Å². The smallest absolute Gasteiger partial charge is 0.284 e. The fraction of sp³-hybridized carbons (Fsp3) is 0.750. The van der Waals surface area contributed by atoms with Gasteiger partial charge in [-0.05, 0) is 50.4 Å². The molecule has 0 spiro atoms. The maximum absolute atomic E-state index is 12.3. The number of nitrogens with zero attached hydrogens (tertiary/aromatic N) is 4. The van der Waals surface area contributed by atoms with Crippen molar-refractivity contribution in [1.29, 1.82) is 0 Å². The van der Waals surface area contributed by atoms with Crippen LogP contribution < -0.4 is 0 Å². The van der Waals surface area contributed by atoms with E-state index < -0.39 is 0 Å². The first kappa shape index (κ1) is 13.3. The highest BCUT2D eigenvalue weighted by Gasteiger charge is 2.36. The van der Waals surface area contributed by atoms with Crippen LogP contribution in [0.2, 0.25) is 4.47 Å². The first-order valence-corrected chi connectivity index (χ1v) is 7.83.